The summed E-state index contributed by atoms with van der Waals surface area (Å²) < 4.78 is 0. The molecule has 0 unspecified atom stereocenters. The van der Waals surface area contributed by atoms with Gasteiger partial charge in [-0.25, -0.2) is 4.98 Å². The fraction of sp³-hybridized carbons (Fsp3) is 0. The fourth-order valence-electron chi connectivity index (χ4n) is 2.35. The first kappa shape index (κ1) is 19.8. The molecule has 0 N–H and O–H groups in total. The highest BCUT2D eigenvalue weighted by Gasteiger charge is 2.15. The van der Waals surface area contributed by atoms with E-state index >= 15 is 0 Å². The van der Waals surface area contributed by atoms with Crippen molar-refractivity contribution < 1.29 is 4.79 Å². The Kier molecular flexibility index (Phi) is 6.03. The van der Waals surface area contributed by atoms with Crippen LogP contribution in [0, 0.1) is 0 Å². The predicted molar refractivity (Wildman–Crippen MR) is 111 cm³/mol. The van der Waals surface area contributed by atoms with Gasteiger partial charge in [0, 0.05) is 16.7 Å². The highest BCUT2D eigenvalue weighted by molar-refractivity contribution is 6.49. The monoisotopic (exact) mass is 463 g/mol. The second-order valence-corrected chi connectivity index (χ2v) is 7.64. The number of carbonyl (C=O) groups is 1. The summed E-state index contributed by atoms with van der Waals surface area (Å²) in [4.78, 5) is 16.0. The maximum atomic E-state index is 11.4. The first-order valence-electron chi connectivity index (χ1n) is 7.08. The van der Waals surface area contributed by atoms with Crippen LogP contribution in [0.3, 0.4) is 0 Å². The quantitative estimate of drug-likeness (QED) is 0.288. The van der Waals surface area contributed by atoms with Crippen molar-refractivity contribution in [1.82, 2.24) is 4.98 Å². The molecule has 0 aliphatic carbocycles. The number of hydrogen-bond donors (Lipinski definition) is 0. The molecular formula is C18H7Cl6NO. The molecule has 1 aromatic heterocycles. The highest BCUT2D eigenvalue weighted by Crippen LogP contribution is 2.38. The number of benzene rings is 2. The summed E-state index contributed by atoms with van der Waals surface area (Å²) in [6, 6.07) is 9.79. The van der Waals surface area contributed by atoms with Crippen LogP contribution in [0.4, 0.5) is 0 Å². The lowest BCUT2D eigenvalue weighted by atomic mass is 10.0. The van der Waals surface area contributed by atoms with Crippen LogP contribution in [-0.4, -0.2) is 11.3 Å². The van der Waals surface area contributed by atoms with Gasteiger partial charge in [0.05, 0.1) is 41.5 Å². The molecule has 0 bridgehead atoms. The average molecular weight is 466 g/mol. The molecule has 0 fully saturated rings. The molecule has 0 saturated carbocycles. The normalized spacial score (nSPS) is 10.8. The van der Waals surface area contributed by atoms with E-state index in [-0.39, 0.29) is 20.1 Å². The van der Waals surface area contributed by atoms with Gasteiger partial charge in [0.15, 0.2) is 6.29 Å². The van der Waals surface area contributed by atoms with Gasteiger partial charge < -0.3 is 0 Å². The molecule has 0 radical (unpaired) electrons. The lowest BCUT2D eigenvalue weighted by Gasteiger charge is -2.11. The Morgan fingerprint density at radius 1 is 0.692 bits per heavy atom. The number of nitrogens with zero attached hydrogens (tertiary/aromatic N) is 1. The van der Waals surface area contributed by atoms with E-state index in [4.69, 9.17) is 69.6 Å². The zero-order valence-electron chi connectivity index (χ0n) is 12.7. The van der Waals surface area contributed by atoms with Crippen molar-refractivity contribution in [2.24, 2.45) is 0 Å². The molecule has 26 heavy (non-hydrogen) atoms. The smallest absolute Gasteiger partial charge is 0.152 e. The summed E-state index contributed by atoms with van der Waals surface area (Å²) in [7, 11) is 0. The van der Waals surface area contributed by atoms with E-state index in [1.54, 1.807) is 36.4 Å². The van der Waals surface area contributed by atoms with Crippen LogP contribution in [0.1, 0.15) is 10.4 Å². The number of pyridine rings is 1. The van der Waals surface area contributed by atoms with Crippen molar-refractivity contribution in [3.8, 4) is 22.5 Å². The van der Waals surface area contributed by atoms with Crippen LogP contribution in [0.25, 0.3) is 22.5 Å². The molecule has 2 aromatic carbocycles. The number of rotatable bonds is 3. The minimum absolute atomic E-state index is 0.233. The topological polar surface area (TPSA) is 30.0 Å². The van der Waals surface area contributed by atoms with E-state index in [0.717, 1.165) is 0 Å². The molecule has 2 nitrogen and oxygen atoms in total. The van der Waals surface area contributed by atoms with Crippen LogP contribution >= 0.6 is 69.6 Å². The van der Waals surface area contributed by atoms with Gasteiger partial charge in [0.25, 0.3) is 0 Å². The van der Waals surface area contributed by atoms with Gasteiger partial charge in [-0.05, 0) is 36.4 Å². The van der Waals surface area contributed by atoms with E-state index in [1.165, 1.54) is 0 Å². The molecule has 0 spiro atoms. The minimum Gasteiger partial charge on any atom is -0.298 e. The van der Waals surface area contributed by atoms with E-state index < -0.39 is 0 Å². The SMILES string of the molecule is O=Cc1ccc(-c2cc(Cl)c(Cl)c(Cl)c2)nc1-c1cc(Cl)c(Cl)c(Cl)c1. The standard InChI is InChI=1S/C18H7Cl6NO/c19-11-3-9(4-12(20)16(11)23)15-2-1-8(7-26)18(25-15)10-5-13(21)17(24)14(22)6-10/h1-7H. The number of hydrogen-bond acceptors (Lipinski definition) is 2. The van der Waals surface area contributed by atoms with Gasteiger partial charge in [-0.3, -0.25) is 4.79 Å². The number of carbonyl (C=O) groups excluding carboxylic acids is 1. The molecule has 132 valence electrons. The Hall–Kier alpha value is -1.000. The zero-order chi connectivity index (χ0) is 19.0. The van der Waals surface area contributed by atoms with Crippen molar-refractivity contribution in [2.75, 3.05) is 0 Å². The van der Waals surface area contributed by atoms with Crippen molar-refractivity contribution >= 4 is 75.9 Å². The third-order valence-corrected chi connectivity index (χ3v) is 5.98. The van der Waals surface area contributed by atoms with Gasteiger partial charge in [-0.2, -0.15) is 0 Å². The molecule has 0 aliphatic heterocycles. The van der Waals surface area contributed by atoms with Gasteiger partial charge in [-0.1, -0.05) is 69.6 Å². The van der Waals surface area contributed by atoms with E-state index in [0.29, 0.717) is 44.4 Å². The summed E-state index contributed by atoms with van der Waals surface area (Å²) in [5, 5.41) is 1.62. The van der Waals surface area contributed by atoms with Crippen molar-refractivity contribution in [3.63, 3.8) is 0 Å². The Bertz CT molecular complexity index is 988. The first-order valence-corrected chi connectivity index (χ1v) is 9.34. The second-order valence-electron chi connectivity index (χ2n) is 5.26. The fourth-order valence-corrected chi connectivity index (χ4v) is 3.54. The van der Waals surface area contributed by atoms with Crippen LogP contribution in [0.5, 0.6) is 0 Å². The third-order valence-electron chi connectivity index (χ3n) is 3.59. The van der Waals surface area contributed by atoms with E-state index in [9.17, 15) is 4.79 Å². The Morgan fingerprint density at radius 3 is 1.62 bits per heavy atom. The molecule has 0 atom stereocenters. The number of halogens is 6. The largest absolute Gasteiger partial charge is 0.298 e. The maximum Gasteiger partial charge on any atom is 0.152 e. The van der Waals surface area contributed by atoms with Gasteiger partial charge in [0.2, 0.25) is 0 Å². The Morgan fingerprint density at radius 2 is 1.15 bits per heavy atom. The van der Waals surface area contributed by atoms with E-state index in [1.807, 2.05) is 0 Å². The van der Waals surface area contributed by atoms with E-state index in [2.05, 4.69) is 4.98 Å². The molecule has 8 heteroatoms. The lowest BCUT2D eigenvalue weighted by molar-refractivity contribution is 0.112. The molecule has 0 aliphatic rings. The molecule has 1 heterocycles. The Labute approximate surface area is 179 Å². The highest BCUT2D eigenvalue weighted by atomic mass is 35.5. The molecule has 3 rings (SSSR count). The van der Waals surface area contributed by atoms with Crippen molar-refractivity contribution in [2.45, 2.75) is 0 Å². The van der Waals surface area contributed by atoms with Crippen LogP contribution in [-0.2, 0) is 0 Å². The zero-order valence-corrected chi connectivity index (χ0v) is 17.2. The van der Waals surface area contributed by atoms with Crippen molar-refractivity contribution in [3.05, 3.63) is 72.1 Å². The lowest BCUT2D eigenvalue weighted by Crippen LogP contribution is -1.95. The van der Waals surface area contributed by atoms with Gasteiger partial charge >= 0.3 is 0 Å². The molecule has 0 amide bonds. The number of aldehydes is 1. The predicted octanol–water partition coefficient (Wildman–Crippen LogP) is 8.15. The molecule has 0 saturated heterocycles. The Balaban J connectivity index is 2.21. The summed E-state index contributed by atoms with van der Waals surface area (Å²) in [6.07, 6.45) is 0.699. The van der Waals surface area contributed by atoms with Gasteiger partial charge in [0.1, 0.15) is 0 Å². The molecule has 3 aromatic rings. The summed E-state index contributed by atoms with van der Waals surface area (Å²) in [5.74, 6) is 0. The number of aromatic nitrogens is 1. The van der Waals surface area contributed by atoms with Gasteiger partial charge in [-0.15, -0.1) is 0 Å². The molecular weight excluding hydrogens is 459 g/mol. The maximum absolute atomic E-state index is 11.4. The van der Waals surface area contributed by atoms with Crippen molar-refractivity contribution in [1.29, 1.82) is 0 Å². The van der Waals surface area contributed by atoms with Crippen LogP contribution in [0.15, 0.2) is 36.4 Å². The van der Waals surface area contributed by atoms with Crippen LogP contribution in [0.2, 0.25) is 30.1 Å². The first-order chi connectivity index (χ1) is 12.3. The second kappa shape index (κ2) is 7.93. The summed E-state index contributed by atoms with van der Waals surface area (Å²) in [6.45, 7) is 0. The minimum atomic E-state index is 0.233. The third kappa shape index (κ3) is 3.82. The average Bonchev–Trinajstić information content (AvgIpc) is 2.62. The van der Waals surface area contributed by atoms with Crippen LogP contribution < -0.4 is 0 Å². The summed E-state index contributed by atoms with van der Waals surface area (Å²) in [5.41, 5.74) is 2.52. The summed E-state index contributed by atoms with van der Waals surface area (Å²) >= 11 is 36.4.